The van der Waals surface area contributed by atoms with Crippen molar-refractivity contribution in [1.82, 2.24) is 5.32 Å². The van der Waals surface area contributed by atoms with Gasteiger partial charge in [0.05, 0.1) is 12.0 Å². The summed E-state index contributed by atoms with van der Waals surface area (Å²) in [6.45, 7) is 5.45. The fraction of sp³-hybridized carbons (Fsp3) is 0.533. The van der Waals surface area contributed by atoms with Crippen LogP contribution in [0.2, 0.25) is 0 Å². The van der Waals surface area contributed by atoms with E-state index in [1.54, 1.807) is 0 Å². The zero-order valence-corrected chi connectivity index (χ0v) is 11.1. The van der Waals surface area contributed by atoms with Gasteiger partial charge in [-0.3, -0.25) is 4.79 Å². The lowest BCUT2D eigenvalue weighted by molar-refractivity contribution is -0.122. The summed E-state index contributed by atoms with van der Waals surface area (Å²) in [6, 6.07) is 8.12. The second kappa shape index (κ2) is 6.01. The number of ether oxygens (including phenoxy) is 1. The highest BCUT2D eigenvalue weighted by Crippen LogP contribution is 2.16. The molecular weight excluding hydrogens is 226 g/mol. The Kier molecular flexibility index (Phi) is 4.37. The monoisotopic (exact) mass is 247 g/mol. The maximum Gasteiger partial charge on any atom is 0.227 e. The van der Waals surface area contributed by atoms with Crippen molar-refractivity contribution in [3.05, 3.63) is 35.4 Å². The summed E-state index contributed by atoms with van der Waals surface area (Å²) in [5.74, 6) is -0.0265. The largest absolute Gasteiger partial charge is 0.376 e. The summed E-state index contributed by atoms with van der Waals surface area (Å²) in [5.41, 5.74) is 2.27. The number of hydrogen-bond donors (Lipinski definition) is 1. The molecule has 0 aliphatic carbocycles. The van der Waals surface area contributed by atoms with Crippen molar-refractivity contribution in [2.75, 3.05) is 13.2 Å². The third-order valence-electron chi connectivity index (χ3n) is 3.50. The fourth-order valence-electron chi connectivity index (χ4n) is 2.18. The summed E-state index contributed by atoms with van der Waals surface area (Å²) >= 11 is 0. The van der Waals surface area contributed by atoms with Gasteiger partial charge >= 0.3 is 0 Å². The predicted octanol–water partition coefficient (Wildman–Crippen LogP) is 2.39. The Labute approximate surface area is 109 Å². The summed E-state index contributed by atoms with van der Waals surface area (Å²) in [4.78, 5) is 12.0. The normalized spacial score (nSPS) is 20.7. The van der Waals surface area contributed by atoms with E-state index in [9.17, 15) is 4.79 Å². The van der Waals surface area contributed by atoms with Crippen molar-refractivity contribution < 1.29 is 9.53 Å². The molecule has 1 amide bonds. The minimum atomic E-state index is -0.105. The summed E-state index contributed by atoms with van der Waals surface area (Å²) in [5, 5.41) is 2.97. The van der Waals surface area contributed by atoms with Gasteiger partial charge in [0.15, 0.2) is 0 Å². The van der Waals surface area contributed by atoms with E-state index >= 15 is 0 Å². The van der Waals surface area contributed by atoms with Crippen LogP contribution in [0.1, 0.15) is 36.8 Å². The molecule has 98 valence electrons. The van der Waals surface area contributed by atoms with E-state index in [4.69, 9.17) is 4.74 Å². The lowest BCUT2D eigenvalue weighted by atomic mass is 9.99. The molecule has 1 aromatic carbocycles. The van der Waals surface area contributed by atoms with Gasteiger partial charge in [-0.05, 0) is 32.3 Å². The molecule has 18 heavy (non-hydrogen) atoms. The van der Waals surface area contributed by atoms with Crippen molar-refractivity contribution in [2.45, 2.75) is 38.7 Å². The van der Waals surface area contributed by atoms with E-state index in [1.165, 1.54) is 5.56 Å². The van der Waals surface area contributed by atoms with Crippen molar-refractivity contribution >= 4 is 5.91 Å². The van der Waals surface area contributed by atoms with Crippen molar-refractivity contribution in [3.8, 4) is 0 Å². The molecule has 1 aromatic rings. The van der Waals surface area contributed by atoms with Crippen LogP contribution in [0.4, 0.5) is 0 Å². The third kappa shape index (κ3) is 3.33. The highest BCUT2D eigenvalue weighted by Gasteiger charge is 2.19. The molecule has 0 aromatic heterocycles. The Bertz CT molecular complexity index is 393. The van der Waals surface area contributed by atoms with E-state index in [1.807, 2.05) is 38.1 Å². The molecule has 2 atom stereocenters. The van der Waals surface area contributed by atoms with Crippen LogP contribution in [0.5, 0.6) is 0 Å². The molecule has 1 heterocycles. The summed E-state index contributed by atoms with van der Waals surface area (Å²) < 4.78 is 5.49. The summed E-state index contributed by atoms with van der Waals surface area (Å²) in [6.07, 6.45) is 2.37. The van der Waals surface area contributed by atoms with E-state index in [2.05, 4.69) is 5.32 Å². The highest BCUT2D eigenvalue weighted by molar-refractivity contribution is 5.83. The van der Waals surface area contributed by atoms with Gasteiger partial charge in [0.1, 0.15) is 0 Å². The van der Waals surface area contributed by atoms with Crippen molar-refractivity contribution in [3.63, 3.8) is 0 Å². The Morgan fingerprint density at radius 3 is 2.78 bits per heavy atom. The maximum atomic E-state index is 12.0. The van der Waals surface area contributed by atoms with Crippen LogP contribution in [0.25, 0.3) is 0 Å². The highest BCUT2D eigenvalue weighted by atomic mass is 16.5. The van der Waals surface area contributed by atoms with E-state index in [0.717, 1.165) is 25.0 Å². The third-order valence-corrected chi connectivity index (χ3v) is 3.50. The molecule has 1 N–H and O–H groups in total. The van der Waals surface area contributed by atoms with Gasteiger partial charge in [-0.15, -0.1) is 0 Å². The van der Waals surface area contributed by atoms with Gasteiger partial charge in [0.2, 0.25) is 5.91 Å². The molecule has 0 saturated carbocycles. The first-order chi connectivity index (χ1) is 8.66. The molecule has 3 heteroatoms. The molecule has 2 unspecified atom stereocenters. The van der Waals surface area contributed by atoms with Crippen LogP contribution in [-0.4, -0.2) is 25.2 Å². The minimum Gasteiger partial charge on any atom is -0.376 e. The van der Waals surface area contributed by atoms with Gasteiger partial charge in [-0.25, -0.2) is 0 Å². The van der Waals surface area contributed by atoms with E-state index in [-0.39, 0.29) is 17.9 Å². The average Bonchev–Trinajstić information content (AvgIpc) is 2.89. The number of carbonyl (C=O) groups is 1. The van der Waals surface area contributed by atoms with Crippen LogP contribution in [-0.2, 0) is 9.53 Å². The number of aryl methyl sites for hydroxylation is 1. The Morgan fingerprint density at radius 2 is 2.17 bits per heavy atom. The smallest absolute Gasteiger partial charge is 0.227 e. The number of benzene rings is 1. The Hall–Kier alpha value is -1.35. The molecule has 1 aliphatic rings. The van der Waals surface area contributed by atoms with E-state index < -0.39 is 0 Å². The molecule has 1 fully saturated rings. The van der Waals surface area contributed by atoms with Gasteiger partial charge in [-0.1, -0.05) is 29.8 Å². The lowest BCUT2D eigenvalue weighted by Gasteiger charge is -2.15. The first-order valence-corrected chi connectivity index (χ1v) is 6.62. The van der Waals surface area contributed by atoms with Crippen LogP contribution in [0, 0.1) is 6.92 Å². The molecule has 0 radical (unpaired) electrons. The van der Waals surface area contributed by atoms with Gasteiger partial charge in [-0.2, -0.15) is 0 Å². The van der Waals surface area contributed by atoms with Gasteiger partial charge < -0.3 is 10.1 Å². The first kappa shape index (κ1) is 13.1. The standard InChI is InChI=1S/C15H21NO2/c1-11-5-7-13(8-6-11)12(2)15(17)16-10-14-4-3-9-18-14/h5-8,12,14H,3-4,9-10H2,1-2H3,(H,16,17). The number of rotatable bonds is 4. The number of amides is 1. The zero-order chi connectivity index (χ0) is 13.0. The Morgan fingerprint density at radius 1 is 1.44 bits per heavy atom. The van der Waals surface area contributed by atoms with Crippen molar-refractivity contribution in [2.24, 2.45) is 0 Å². The first-order valence-electron chi connectivity index (χ1n) is 6.62. The molecule has 1 saturated heterocycles. The topological polar surface area (TPSA) is 38.3 Å². The molecular formula is C15H21NO2. The molecule has 0 bridgehead atoms. The number of nitrogens with one attached hydrogen (secondary N) is 1. The molecule has 3 nitrogen and oxygen atoms in total. The average molecular weight is 247 g/mol. The molecule has 1 aliphatic heterocycles. The second-order valence-corrected chi connectivity index (χ2v) is 5.01. The van der Waals surface area contributed by atoms with Crippen molar-refractivity contribution in [1.29, 1.82) is 0 Å². The van der Waals surface area contributed by atoms with Crippen LogP contribution >= 0.6 is 0 Å². The van der Waals surface area contributed by atoms with Crippen LogP contribution in [0.3, 0.4) is 0 Å². The quantitative estimate of drug-likeness (QED) is 0.887. The summed E-state index contributed by atoms with van der Waals surface area (Å²) in [7, 11) is 0. The van der Waals surface area contributed by atoms with Gasteiger partial charge in [0, 0.05) is 13.2 Å². The molecule has 0 spiro atoms. The van der Waals surface area contributed by atoms with E-state index in [0.29, 0.717) is 6.54 Å². The lowest BCUT2D eigenvalue weighted by Crippen LogP contribution is -2.34. The number of hydrogen-bond acceptors (Lipinski definition) is 2. The zero-order valence-electron chi connectivity index (χ0n) is 11.1. The SMILES string of the molecule is Cc1ccc(C(C)C(=O)NCC2CCCO2)cc1. The number of carbonyl (C=O) groups excluding carboxylic acids is 1. The molecule has 2 rings (SSSR count). The maximum absolute atomic E-state index is 12.0. The van der Waals surface area contributed by atoms with Crippen LogP contribution < -0.4 is 5.32 Å². The van der Waals surface area contributed by atoms with Crippen LogP contribution in [0.15, 0.2) is 24.3 Å². The second-order valence-electron chi connectivity index (χ2n) is 5.01. The Balaban J connectivity index is 1.85. The fourth-order valence-corrected chi connectivity index (χ4v) is 2.18. The predicted molar refractivity (Wildman–Crippen MR) is 71.6 cm³/mol. The van der Waals surface area contributed by atoms with Gasteiger partial charge in [0.25, 0.3) is 0 Å². The minimum absolute atomic E-state index is 0.0781.